The lowest BCUT2D eigenvalue weighted by Gasteiger charge is -2.24. The Bertz CT molecular complexity index is 305. The van der Waals surface area contributed by atoms with E-state index in [2.05, 4.69) is 49.9 Å². The van der Waals surface area contributed by atoms with E-state index in [4.69, 9.17) is 5.73 Å². The molecule has 1 aromatic rings. The zero-order valence-corrected chi connectivity index (χ0v) is 11.4. The molecule has 2 heteroatoms. The van der Waals surface area contributed by atoms with Crippen LogP contribution in [0.25, 0.3) is 0 Å². The Hall–Kier alpha value is -0.860. The molecule has 1 atom stereocenters. The molecular weight excluding hydrogens is 208 g/mol. The number of benzene rings is 1. The first-order valence-corrected chi connectivity index (χ1v) is 6.71. The fourth-order valence-corrected chi connectivity index (χ4v) is 1.96. The Morgan fingerprint density at radius 3 is 2.35 bits per heavy atom. The molecule has 0 aliphatic carbocycles. The second-order valence-electron chi connectivity index (χ2n) is 4.76. The molecule has 96 valence electrons. The molecule has 17 heavy (non-hydrogen) atoms. The van der Waals surface area contributed by atoms with E-state index in [9.17, 15) is 0 Å². The summed E-state index contributed by atoms with van der Waals surface area (Å²) in [7, 11) is 0. The molecule has 2 nitrogen and oxygen atoms in total. The van der Waals surface area contributed by atoms with Gasteiger partial charge in [-0.15, -0.1) is 0 Å². The van der Waals surface area contributed by atoms with Gasteiger partial charge in [-0.1, -0.05) is 50.1 Å². The summed E-state index contributed by atoms with van der Waals surface area (Å²) in [6.45, 7) is 9.74. The lowest BCUT2D eigenvalue weighted by atomic mass is 10.1. The highest BCUT2D eigenvalue weighted by atomic mass is 15.1. The highest BCUT2D eigenvalue weighted by Gasteiger charge is 2.10. The molecule has 1 rings (SSSR count). The van der Waals surface area contributed by atoms with Crippen LogP contribution in [-0.4, -0.2) is 24.5 Å². The Balaban J connectivity index is 2.51. The second-order valence-corrected chi connectivity index (χ2v) is 4.76. The molecule has 0 fully saturated rings. The van der Waals surface area contributed by atoms with Gasteiger partial charge in [-0.05, 0) is 32.0 Å². The largest absolute Gasteiger partial charge is 0.323 e. The minimum Gasteiger partial charge on any atom is -0.323 e. The number of likely N-dealkylation sites (N-methyl/N-ethyl adjacent to an activating group) is 1. The third-order valence-electron chi connectivity index (χ3n) is 3.24. The van der Waals surface area contributed by atoms with Gasteiger partial charge in [0, 0.05) is 12.6 Å². The Kier molecular flexibility index (Phi) is 6.23. The van der Waals surface area contributed by atoms with E-state index in [1.165, 1.54) is 24.0 Å². The summed E-state index contributed by atoms with van der Waals surface area (Å²) in [5, 5.41) is 0. The third kappa shape index (κ3) is 4.88. The van der Waals surface area contributed by atoms with Crippen LogP contribution in [-0.2, 0) is 0 Å². The third-order valence-corrected chi connectivity index (χ3v) is 3.24. The van der Waals surface area contributed by atoms with Crippen LogP contribution in [0, 0.1) is 6.92 Å². The van der Waals surface area contributed by atoms with Gasteiger partial charge in [-0.2, -0.15) is 0 Å². The van der Waals surface area contributed by atoms with Crippen molar-refractivity contribution in [2.45, 2.75) is 39.7 Å². The molecule has 0 aliphatic rings. The molecule has 0 aliphatic heterocycles. The van der Waals surface area contributed by atoms with Crippen LogP contribution in [0.4, 0.5) is 0 Å². The molecule has 0 aromatic heterocycles. The van der Waals surface area contributed by atoms with Crippen molar-refractivity contribution in [1.82, 2.24) is 4.90 Å². The van der Waals surface area contributed by atoms with Crippen molar-refractivity contribution in [3.8, 4) is 0 Å². The summed E-state index contributed by atoms with van der Waals surface area (Å²) < 4.78 is 0. The number of rotatable bonds is 7. The minimum atomic E-state index is 0.132. The highest BCUT2D eigenvalue weighted by Crippen LogP contribution is 2.13. The number of nitrogens with two attached hydrogens (primary N) is 1. The Morgan fingerprint density at radius 1 is 1.18 bits per heavy atom. The lowest BCUT2D eigenvalue weighted by Crippen LogP contribution is -2.32. The first-order chi connectivity index (χ1) is 8.17. The van der Waals surface area contributed by atoms with Gasteiger partial charge < -0.3 is 10.6 Å². The van der Waals surface area contributed by atoms with Crippen LogP contribution < -0.4 is 5.73 Å². The van der Waals surface area contributed by atoms with Crippen LogP contribution >= 0.6 is 0 Å². The fraction of sp³-hybridized carbons (Fsp3) is 0.600. The zero-order valence-electron chi connectivity index (χ0n) is 11.4. The quantitative estimate of drug-likeness (QED) is 0.785. The minimum absolute atomic E-state index is 0.132. The predicted octanol–water partition coefficient (Wildman–Crippen LogP) is 3.12. The van der Waals surface area contributed by atoms with Gasteiger partial charge in [0.25, 0.3) is 0 Å². The molecule has 0 amide bonds. The van der Waals surface area contributed by atoms with E-state index in [-0.39, 0.29) is 6.04 Å². The van der Waals surface area contributed by atoms with Crippen molar-refractivity contribution in [2.75, 3.05) is 19.6 Å². The van der Waals surface area contributed by atoms with E-state index in [1.54, 1.807) is 0 Å². The topological polar surface area (TPSA) is 29.3 Å². The molecular formula is C15H26N2. The number of nitrogens with zero attached hydrogens (tertiary/aromatic N) is 1. The normalized spacial score (nSPS) is 13.0. The van der Waals surface area contributed by atoms with E-state index in [0.717, 1.165) is 19.6 Å². The SMILES string of the molecule is CCCCN(CC)CC(N)c1ccc(C)cc1. The van der Waals surface area contributed by atoms with Crippen molar-refractivity contribution >= 4 is 0 Å². The summed E-state index contributed by atoms with van der Waals surface area (Å²) >= 11 is 0. The van der Waals surface area contributed by atoms with Crippen LogP contribution in [0.5, 0.6) is 0 Å². The molecule has 0 bridgehead atoms. The first kappa shape index (κ1) is 14.2. The van der Waals surface area contributed by atoms with Gasteiger partial charge in [-0.3, -0.25) is 0 Å². The van der Waals surface area contributed by atoms with Crippen LogP contribution in [0.15, 0.2) is 24.3 Å². The van der Waals surface area contributed by atoms with Crippen molar-refractivity contribution in [2.24, 2.45) is 5.73 Å². The van der Waals surface area contributed by atoms with Gasteiger partial charge >= 0.3 is 0 Å². The van der Waals surface area contributed by atoms with Gasteiger partial charge in [0.1, 0.15) is 0 Å². The number of hydrogen-bond donors (Lipinski definition) is 1. The summed E-state index contributed by atoms with van der Waals surface area (Å²) in [5.74, 6) is 0. The molecule has 0 spiro atoms. The zero-order chi connectivity index (χ0) is 12.7. The molecule has 0 saturated carbocycles. The summed E-state index contributed by atoms with van der Waals surface area (Å²) in [6.07, 6.45) is 2.50. The van der Waals surface area contributed by atoms with Crippen molar-refractivity contribution in [3.05, 3.63) is 35.4 Å². The standard InChI is InChI=1S/C15H26N2/c1-4-6-11-17(5-2)12-15(16)14-9-7-13(3)8-10-14/h7-10,15H,4-6,11-12,16H2,1-3H3. The van der Waals surface area contributed by atoms with Crippen molar-refractivity contribution < 1.29 is 0 Å². The lowest BCUT2D eigenvalue weighted by molar-refractivity contribution is 0.266. The number of hydrogen-bond acceptors (Lipinski definition) is 2. The van der Waals surface area contributed by atoms with E-state index in [1.807, 2.05) is 0 Å². The van der Waals surface area contributed by atoms with Crippen LogP contribution in [0.1, 0.15) is 43.9 Å². The van der Waals surface area contributed by atoms with Crippen molar-refractivity contribution in [1.29, 1.82) is 0 Å². The van der Waals surface area contributed by atoms with E-state index < -0.39 is 0 Å². The molecule has 0 heterocycles. The maximum Gasteiger partial charge on any atom is 0.0424 e. The summed E-state index contributed by atoms with van der Waals surface area (Å²) in [6, 6.07) is 8.70. The van der Waals surface area contributed by atoms with Gasteiger partial charge in [-0.25, -0.2) is 0 Å². The molecule has 0 saturated heterocycles. The van der Waals surface area contributed by atoms with Gasteiger partial charge in [0.05, 0.1) is 0 Å². The average molecular weight is 234 g/mol. The maximum absolute atomic E-state index is 6.25. The number of aryl methyl sites for hydroxylation is 1. The smallest absolute Gasteiger partial charge is 0.0424 e. The molecule has 2 N–H and O–H groups in total. The molecule has 1 unspecified atom stereocenters. The first-order valence-electron chi connectivity index (χ1n) is 6.71. The highest BCUT2D eigenvalue weighted by molar-refractivity contribution is 5.24. The Morgan fingerprint density at radius 2 is 1.82 bits per heavy atom. The monoisotopic (exact) mass is 234 g/mol. The fourth-order valence-electron chi connectivity index (χ4n) is 1.96. The van der Waals surface area contributed by atoms with Crippen LogP contribution in [0.3, 0.4) is 0 Å². The second kappa shape index (κ2) is 7.46. The van der Waals surface area contributed by atoms with E-state index >= 15 is 0 Å². The van der Waals surface area contributed by atoms with Crippen molar-refractivity contribution in [3.63, 3.8) is 0 Å². The summed E-state index contributed by atoms with van der Waals surface area (Å²) in [5.41, 5.74) is 8.78. The average Bonchev–Trinajstić information content (AvgIpc) is 2.35. The Labute approximate surface area is 106 Å². The van der Waals surface area contributed by atoms with Gasteiger partial charge in [0.2, 0.25) is 0 Å². The molecule has 0 radical (unpaired) electrons. The maximum atomic E-state index is 6.25. The van der Waals surface area contributed by atoms with Gasteiger partial charge in [0.15, 0.2) is 0 Å². The van der Waals surface area contributed by atoms with Crippen LogP contribution in [0.2, 0.25) is 0 Å². The number of unbranched alkanes of at least 4 members (excludes halogenated alkanes) is 1. The summed E-state index contributed by atoms with van der Waals surface area (Å²) in [4.78, 5) is 2.44. The van der Waals surface area contributed by atoms with E-state index in [0.29, 0.717) is 0 Å². The predicted molar refractivity (Wildman–Crippen MR) is 75.1 cm³/mol. The molecule has 1 aromatic carbocycles.